The monoisotopic (exact) mass is 281 g/mol. The topological polar surface area (TPSA) is 30.7 Å². The number of nitrogens with zero attached hydrogens (tertiary/aromatic N) is 3. The van der Waals surface area contributed by atoms with Crippen LogP contribution in [0.25, 0.3) is 0 Å². The minimum absolute atomic E-state index is 0.238. The van der Waals surface area contributed by atoms with Gasteiger partial charge in [-0.25, -0.2) is 4.68 Å². The van der Waals surface area contributed by atoms with Gasteiger partial charge in [0.2, 0.25) is 0 Å². The molecule has 0 bridgehead atoms. The Labute approximate surface area is 116 Å². The van der Waals surface area contributed by atoms with Crippen LogP contribution in [0.4, 0.5) is 0 Å². The van der Waals surface area contributed by atoms with E-state index >= 15 is 0 Å². The van der Waals surface area contributed by atoms with Crippen LogP contribution in [0.15, 0.2) is 18.2 Å². The van der Waals surface area contributed by atoms with Gasteiger partial charge in [0.15, 0.2) is 0 Å². The first-order chi connectivity index (χ1) is 8.70. The first-order valence-corrected chi connectivity index (χ1v) is 6.84. The molecule has 0 fully saturated rings. The Kier molecular flexibility index (Phi) is 3.04. The van der Waals surface area contributed by atoms with Gasteiger partial charge in [-0.05, 0) is 37.0 Å². The highest BCUT2D eigenvalue weighted by molar-refractivity contribution is 6.42. The van der Waals surface area contributed by atoms with E-state index in [9.17, 15) is 0 Å². The predicted molar refractivity (Wildman–Crippen MR) is 72.3 cm³/mol. The van der Waals surface area contributed by atoms with Crippen LogP contribution >= 0.6 is 23.2 Å². The number of rotatable bonds is 2. The Morgan fingerprint density at radius 2 is 2.17 bits per heavy atom. The van der Waals surface area contributed by atoms with Gasteiger partial charge >= 0.3 is 0 Å². The highest BCUT2D eigenvalue weighted by Gasteiger charge is 2.27. The fourth-order valence-corrected chi connectivity index (χ4v) is 2.86. The minimum Gasteiger partial charge on any atom is -0.242 e. The van der Waals surface area contributed by atoms with E-state index in [1.165, 1.54) is 5.69 Å². The van der Waals surface area contributed by atoms with Gasteiger partial charge in [0.05, 0.1) is 27.5 Å². The third kappa shape index (κ3) is 1.82. The molecule has 0 saturated carbocycles. The van der Waals surface area contributed by atoms with Gasteiger partial charge in [-0.15, -0.1) is 5.10 Å². The van der Waals surface area contributed by atoms with E-state index < -0.39 is 0 Å². The number of benzene rings is 1. The van der Waals surface area contributed by atoms with Crippen LogP contribution in [-0.4, -0.2) is 15.0 Å². The lowest BCUT2D eigenvalue weighted by Crippen LogP contribution is -2.07. The molecule has 1 unspecified atom stereocenters. The summed E-state index contributed by atoms with van der Waals surface area (Å²) >= 11 is 12.0. The summed E-state index contributed by atoms with van der Waals surface area (Å²) in [5, 5.41) is 9.68. The van der Waals surface area contributed by atoms with Crippen molar-refractivity contribution in [3.63, 3.8) is 0 Å². The summed E-state index contributed by atoms with van der Waals surface area (Å²) in [6, 6.07) is 6.02. The first kappa shape index (κ1) is 12.0. The van der Waals surface area contributed by atoms with Crippen LogP contribution in [0.5, 0.6) is 0 Å². The van der Waals surface area contributed by atoms with Crippen molar-refractivity contribution < 1.29 is 0 Å². The van der Waals surface area contributed by atoms with Gasteiger partial charge in [-0.2, -0.15) is 0 Å². The number of fused-ring (bicyclic) bond motifs is 1. The molecule has 3 rings (SSSR count). The highest BCUT2D eigenvalue weighted by Crippen LogP contribution is 2.34. The zero-order chi connectivity index (χ0) is 12.7. The van der Waals surface area contributed by atoms with Crippen molar-refractivity contribution >= 4 is 23.2 Å². The van der Waals surface area contributed by atoms with Crippen LogP contribution in [0.3, 0.4) is 0 Å². The van der Waals surface area contributed by atoms with Gasteiger partial charge in [0.25, 0.3) is 0 Å². The van der Waals surface area contributed by atoms with Crippen molar-refractivity contribution in [2.24, 2.45) is 0 Å². The summed E-state index contributed by atoms with van der Waals surface area (Å²) in [5.74, 6) is 0. The molecule has 5 heteroatoms. The maximum Gasteiger partial charge on any atom is 0.0856 e. The molecule has 1 atom stereocenters. The quantitative estimate of drug-likeness (QED) is 0.841. The van der Waals surface area contributed by atoms with Gasteiger partial charge in [-0.1, -0.05) is 41.4 Å². The van der Waals surface area contributed by atoms with Gasteiger partial charge in [0, 0.05) is 0 Å². The number of aryl methyl sites for hydroxylation is 1. The molecule has 0 spiro atoms. The van der Waals surface area contributed by atoms with Crippen molar-refractivity contribution in [2.45, 2.75) is 32.2 Å². The van der Waals surface area contributed by atoms with Gasteiger partial charge in [-0.3, -0.25) is 0 Å². The summed E-state index contributed by atoms with van der Waals surface area (Å²) in [7, 11) is 0. The lowest BCUT2D eigenvalue weighted by Gasteiger charge is -2.12. The van der Waals surface area contributed by atoms with E-state index in [-0.39, 0.29) is 6.04 Å². The SMILES string of the molecule is CCc1nnn2c1CCC2c1ccc(Cl)c(Cl)c1. The average molecular weight is 282 g/mol. The second-order valence-electron chi connectivity index (χ2n) is 4.51. The Hall–Kier alpha value is -1.06. The Bertz CT molecular complexity index is 592. The fraction of sp³-hybridized carbons (Fsp3) is 0.385. The lowest BCUT2D eigenvalue weighted by atomic mass is 10.0. The van der Waals surface area contributed by atoms with E-state index in [4.69, 9.17) is 23.2 Å². The molecule has 3 nitrogen and oxygen atoms in total. The highest BCUT2D eigenvalue weighted by atomic mass is 35.5. The average Bonchev–Trinajstić information content (AvgIpc) is 2.93. The second-order valence-corrected chi connectivity index (χ2v) is 5.32. The molecule has 94 valence electrons. The molecule has 1 aromatic heterocycles. The lowest BCUT2D eigenvalue weighted by molar-refractivity contribution is 0.533. The number of hydrogen-bond donors (Lipinski definition) is 0. The van der Waals surface area contributed by atoms with Crippen molar-refractivity contribution in [3.05, 3.63) is 45.2 Å². The molecule has 0 N–H and O–H groups in total. The maximum atomic E-state index is 6.07. The first-order valence-electron chi connectivity index (χ1n) is 6.08. The van der Waals surface area contributed by atoms with Gasteiger partial charge < -0.3 is 0 Å². The summed E-state index contributed by atoms with van der Waals surface area (Å²) in [6.07, 6.45) is 3.01. The van der Waals surface area contributed by atoms with E-state index in [1.54, 1.807) is 0 Å². The molecular formula is C13H13Cl2N3. The molecule has 2 heterocycles. The van der Waals surface area contributed by atoms with Crippen LogP contribution in [0.2, 0.25) is 10.0 Å². The predicted octanol–water partition coefficient (Wildman–Crippen LogP) is 3.68. The molecule has 1 aliphatic heterocycles. The summed E-state index contributed by atoms with van der Waals surface area (Å²) in [5.41, 5.74) is 3.52. The molecule has 2 aromatic rings. The van der Waals surface area contributed by atoms with Crippen molar-refractivity contribution in [1.29, 1.82) is 0 Å². The smallest absolute Gasteiger partial charge is 0.0856 e. The van der Waals surface area contributed by atoms with Crippen LogP contribution < -0.4 is 0 Å². The molecule has 18 heavy (non-hydrogen) atoms. The molecule has 1 aliphatic rings. The van der Waals surface area contributed by atoms with E-state index in [1.807, 2.05) is 22.9 Å². The zero-order valence-corrected chi connectivity index (χ0v) is 11.5. The normalized spacial score (nSPS) is 18.1. The summed E-state index contributed by atoms with van der Waals surface area (Å²) in [6.45, 7) is 2.11. The van der Waals surface area contributed by atoms with E-state index in [0.717, 1.165) is 30.5 Å². The third-order valence-electron chi connectivity index (χ3n) is 3.48. The van der Waals surface area contributed by atoms with Crippen molar-refractivity contribution in [1.82, 2.24) is 15.0 Å². The van der Waals surface area contributed by atoms with Crippen LogP contribution in [0.1, 0.15) is 36.3 Å². The number of halogens is 2. The third-order valence-corrected chi connectivity index (χ3v) is 4.22. The van der Waals surface area contributed by atoms with Crippen LogP contribution in [-0.2, 0) is 12.8 Å². The van der Waals surface area contributed by atoms with Crippen LogP contribution in [0, 0.1) is 0 Å². The zero-order valence-electron chi connectivity index (χ0n) is 10.0. The van der Waals surface area contributed by atoms with Gasteiger partial charge in [0.1, 0.15) is 0 Å². The minimum atomic E-state index is 0.238. The number of aromatic nitrogens is 3. The van der Waals surface area contributed by atoms with Crippen molar-refractivity contribution in [2.75, 3.05) is 0 Å². The molecule has 1 aromatic carbocycles. The second kappa shape index (κ2) is 4.56. The Balaban J connectivity index is 2.00. The Morgan fingerprint density at radius 1 is 1.33 bits per heavy atom. The Morgan fingerprint density at radius 3 is 2.89 bits per heavy atom. The molecule has 0 aliphatic carbocycles. The standard InChI is InChI=1S/C13H13Cl2N3/c1-2-11-13-6-5-12(18(13)17-16-11)8-3-4-9(14)10(15)7-8/h3-4,7,12H,2,5-6H2,1H3. The summed E-state index contributed by atoms with van der Waals surface area (Å²) in [4.78, 5) is 0. The van der Waals surface area contributed by atoms with Crippen molar-refractivity contribution in [3.8, 4) is 0 Å². The van der Waals surface area contributed by atoms with E-state index in [2.05, 4.69) is 17.2 Å². The van der Waals surface area contributed by atoms with E-state index in [0.29, 0.717) is 10.0 Å². The molecule has 0 radical (unpaired) electrons. The molecule has 0 amide bonds. The maximum absolute atomic E-state index is 6.07. The largest absolute Gasteiger partial charge is 0.242 e. The fourth-order valence-electron chi connectivity index (χ4n) is 2.55. The molecule has 0 saturated heterocycles. The number of hydrogen-bond acceptors (Lipinski definition) is 2. The molecular weight excluding hydrogens is 269 g/mol. The summed E-state index contributed by atoms with van der Waals surface area (Å²) < 4.78 is 2.03.